The Morgan fingerprint density at radius 3 is 2.71 bits per heavy atom. The normalized spacial score (nSPS) is 10.7. The monoisotopic (exact) mass is 291 g/mol. The third kappa shape index (κ3) is 3.42. The molecule has 10 nitrogen and oxygen atoms in total. The molecular weight excluding hydrogens is 274 g/mol. The van der Waals surface area contributed by atoms with Crippen LogP contribution in [0.1, 0.15) is 13.8 Å². The van der Waals surface area contributed by atoms with Crippen molar-refractivity contribution >= 4 is 17.8 Å². The topological polar surface area (TPSA) is 141 Å². The van der Waals surface area contributed by atoms with Gasteiger partial charge in [-0.3, -0.25) is 14.8 Å². The van der Waals surface area contributed by atoms with Gasteiger partial charge in [-0.1, -0.05) is 0 Å². The van der Waals surface area contributed by atoms with Gasteiger partial charge in [-0.05, 0) is 13.8 Å². The molecule has 0 radical (unpaired) electrons. The number of amides is 1. The molecule has 0 bridgehead atoms. The summed E-state index contributed by atoms with van der Waals surface area (Å²) < 4.78 is 1.61. The largest absolute Gasteiger partial charge is 0.368 e. The third-order valence-corrected chi connectivity index (χ3v) is 2.68. The van der Waals surface area contributed by atoms with Gasteiger partial charge >= 0.3 is 0 Å². The molecule has 112 valence electrons. The van der Waals surface area contributed by atoms with Crippen LogP contribution in [0.4, 0.5) is 11.9 Å². The number of aromatic nitrogens is 5. The van der Waals surface area contributed by atoms with Crippen LogP contribution in [0.2, 0.25) is 0 Å². The maximum atomic E-state index is 11.2. The number of nitrogen functional groups attached to an aromatic ring is 1. The lowest BCUT2D eigenvalue weighted by atomic mass is 10.3. The molecule has 0 aliphatic carbocycles. The zero-order chi connectivity index (χ0) is 15.4. The van der Waals surface area contributed by atoms with Crippen LogP contribution in [0.25, 0.3) is 5.95 Å². The lowest BCUT2D eigenvalue weighted by molar-refractivity contribution is -0.116. The number of nitrogens with two attached hydrogens (primary N) is 2. The Kier molecular flexibility index (Phi) is 4.28. The molecule has 21 heavy (non-hydrogen) atoms. The minimum atomic E-state index is -0.476. The number of rotatable bonds is 6. The van der Waals surface area contributed by atoms with Crippen LogP contribution in [-0.4, -0.2) is 43.0 Å². The Balaban J connectivity index is 2.46. The summed E-state index contributed by atoms with van der Waals surface area (Å²) in [6, 6.07) is -0.0267. The van der Waals surface area contributed by atoms with Crippen molar-refractivity contribution in [1.82, 2.24) is 24.5 Å². The summed E-state index contributed by atoms with van der Waals surface area (Å²) in [4.78, 5) is 29.4. The van der Waals surface area contributed by atoms with E-state index in [2.05, 4.69) is 25.4 Å². The molecule has 5 N–H and O–H groups in total. The first-order valence-corrected chi connectivity index (χ1v) is 6.27. The molecule has 2 rings (SSSR count). The lowest BCUT2D eigenvalue weighted by Crippen LogP contribution is -2.40. The number of nitrogens with zero attached hydrogens (tertiary/aromatic N) is 6. The quantitative estimate of drug-likeness (QED) is 0.456. The second-order valence-corrected chi connectivity index (χ2v) is 4.56. The van der Waals surface area contributed by atoms with E-state index < -0.39 is 5.91 Å². The number of carbonyl (C=O) groups excluding carboxylic acids is 1. The van der Waals surface area contributed by atoms with E-state index >= 15 is 0 Å². The Morgan fingerprint density at radius 2 is 2.19 bits per heavy atom. The van der Waals surface area contributed by atoms with Crippen LogP contribution in [0.15, 0.2) is 18.7 Å². The number of hydrazine groups is 1. The van der Waals surface area contributed by atoms with Crippen LogP contribution in [0.3, 0.4) is 0 Å². The molecule has 0 fully saturated rings. The minimum absolute atomic E-state index is 0.00490. The first-order chi connectivity index (χ1) is 10.0. The van der Waals surface area contributed by atoms with E-state index in [4.69, 9.17) is 11.6 Å². The number of carbonyl (C=O) groups is 1. The van der Waals surface area contributed by atoms with E-state index in [9.17, 15) is 4.79 Å². The predicted molar refractivity (Wildman–Crippen MR) is 76.4 cm³/mol. The summed E-state index contributed by atoms with van der Waals surface area (Å²) in [6.45, 7) is 3.80. The molecule has 0 saturated heterocycles. The molecular formula is C11H17N9O. The smallest absolute Gasteiger partial charge is 0.243 e. The van der Waals surface area contributed by atoms with Crippen molar-refractivity contribution in [3.63, 3.8) is 0 Å². The highest BCUT2D eigenvalue weighted by Gasteiger charge is 2.18. The van der Waals surface area contributed by atoms with E-state index in [-0.39, 0.29) is 18.5 Å². The van der Waals surface area contributed by atoms with Gasteiger partial charge in [0.25, 0.3) is 0 Å². The van der Waals surface area contributed by atoms with Crippen LogP contribution in [-0.2, 0) is 4.79 Å². The molecule has 0 atom stereocenters. The highest BCUT2D eigenvalue weighted by Crippen LogP contribution is 2.15. The molecule has 2 aromatic rings. The van der Waals surface area contributed by atoms with Gasteiger partial charge in [-0.15, -0.1) is 0 Å². The van der Waals surface area contributed by atoms with Crippen LogP contribution in [0.5, 0.6) is 0 Å². The summed E-state index contributed by atoms with van der Waals surface area (Å²) in [7, 11) is 0. The number of primary amides is 1. The summed E-state index contributed by atoms with van der Waals surface area (Å²) >= 11 is 0. The minimum Gasteiger partial charge on any atom is -0.368 e. The summed E-state index contributed by atoms with van der Waals surface area (Å²) in [5, 5.41) is 0. The zero-order valence-electron chi connectivity index (χ0n) is 11.8. The Hall–Kier alpha value is -2.75. The molecule has 0 aromatic carbocycles. The maximum absolute atomic E-state index is 11.2. The molecule has 0 saturated carbocycles. The van der Waals surface area contributed by atoms with E-state index in [0.717, 1.165) is 0 Å². The molecule has 10 heteroatoms. The van der Waals surface area contributed by atoms with Gasteiger partial charge in [0.2, 0.25) is 23.8 Å². The highest BCUT2D eigenvalue weighted by molar-refractivity contribution is 5.79. The molecule has 0 unspecified atom stereocenters. The van der Waals surface area contributed by atoms with E-state index in [0.29, 0.717) is 11.9 Å². The first-order valence-electron chi connectivity index (χ1n) is 6.27. The summed E-state index contributed by atoms with van der Waals surface area (Å²) in [5.41, 5.74) is 7.64. The van der Waals surface area contributed by atoms with Crippen molar-refractivity contribution in [2.45, 2.75) is 19.9 Å². The van der Waals surface area contributed by atoms with Crippen molar-refractivity contribution in [2.24, 2.45) is 11.6 Å². The molecule has 2 heterocycles. The fourth-order valence-corrected chi connectivity index (χ4v) is 1.69. The standard InChI is InChI=1S/C11H17N9O/c1-7(2)20(5-8(12)21)11-16-9(18-13)15-10(17-11)19-4-3-14-6-19/h3-4,6-7H,5,13H2,1-2H3,(H2,12,21)(H,15,16,17,18). The Bertz CT molecular complexity index is 610. The zero-order valence-corrected chi connectivity index (χ0v) is 11.8. The summed E-state index contributed by atoms with van der Waals surface area (Å²) in [5.74, 6) is 5.72. The molecule has 0 spiro atoms. The van der Waals surface area contributed by atoms with Gasteiger partial charge in [0.1, 0.15) is 6.33 Å². The van der Waals surface area contributed by atoms with Crippen molar-refractivity contribution < 1.29 is 4.79 Å². The number of nitrogens with one attached hydrogen (secondary N) is 1. The SMILES string of the molecule is CC(C)N(CC(N)=O)c1nc(NN)nc(-n2ccnc2)n1. The van der Waals surface area contributed by atoms with Gasteiger partial charge in [-0.25, -0.2) is 10.8 Å². The van der Waals surface area contributed by atoms with Crippen LogP contribution >= 0.6 is 0 Å². The van der Waals surface area contributed by atoms with E-state index in [1.165, 1.54) is 0 Å². The lowest BCUT2D eigenvalue weighted by Gasteiger charge is -2.25. The number of hydrogen-bond acceptors (Lipinski definition) is 8. The van der Waals surface area contributed by atoms with Gasteiger partial charge in [0.15, 0.2) is 0 Å². The maximum Gasteiger partial charge on any atom is 0.243 e. The highest BCUT2D eigenvalue weighted by atomic mass is 16.1. The number of hydrogen-bond donors (Lipinski definition) is 3. The van der Waals surface area contributed by atoms with Crippen molar-refractivity contribution in [2.75, 3.05) is 16.9 Å². The van der Waals surface area contributed by atoms with Crippen molar-refractivity contribution in [1.29, 1.82) is 0 Å². The average Bonchev–Trinajstić information content (AvgIpc) is 2.98. The molecule has 1 amide bonds. The fraction of sp³-hybridized carbons (Fsp3) is 0.364. The number of imidazole rings is 1. The Morgan fingerprint density at radius 1 is 1.43 bits per heavy atom. The van der Waals surface area contributed by atoms with Gasteiger partial charge in [-0.2, -0.15) is 15.0 Å². The Labute approximate surface area is 121 Å². The van der Waals surface area contributed by atoms with E-state index in [1.807, 2.05) is 13.8 Å². The molecule has 0 aliphatic rings. The average molecular weight is 291 g/mol. The first kappa shape index (κ1) is 14.7. The molecule has 2 aromatic heterocycles. The van der Waals surface area contributed by atoms with Gasteiger partial charge in [0, 0.05) is 18.4 Å². The second-order valence-electron chi connectivity index (χ2n) is 4.56. The van der Waals surface area contributed by atoms with Crippen molar-refractivity contribution in [3.8, 4) is 5.95 Å². The third-order valence-electron chi connectivity index (χ3n) is 2.68. The van der Waals surface area contributed by atoms with Crippen LogP contribution in [0, 0.1) is 0 Å². The molecule has 0 aliphatic heterocycles. The van der Waals surface area contributed by atoms with E-state index in [1.54, 1.807) is 28.2 Å². The van der Waals surface area contributed by atoms with Crippen molar-refractivity contribution in [3.05, 3.63) is 18.7 Å². The fourth-order valence-electron chi connectivity index (χ4n) is 1.69. The number of anilines is 2. The second kappa shape index (κ2) is 6.13. The summed E-state index contributed by atoms with van der Waals surface area (Å²) in [6.07, 6.45) is 4.84. The van der Waals surface area contributed by atoms with Gasteiger partial charge in [0.05, 0.1) is 6.54 Å². The van der Waals surface area contributed by atoms with Gasteiger partial charge < -0.3 is 10.6 Å². The predicted octanol–water partition coefficient (Wildman–Crippen LogP) is -0.957. The van der Waals surface area contributed by atoms with Crippen LogP contribution < -0.4 is 21.9 Å².